The van der Waals surface area contributed by atoms with Gasteiger partial charge in [-0.05, 0) is 13.3 Å². The first-order chi connectivity index (χ1) is 8.52. The fraction of sp³-hybridized carbons (Fsp3) is 0.545. The molecule has 0 aliphatic heterocycles. The predicted octanol–water partition coefficient (Wildman–Crippen LogP) is 1.16. The summed E-state index contributed by atoms with van der Waals surface area (Å²) >= 11 is 1.56. The number of carboxylic acid groups (broad SMARTS) is 1. The highest BCUT2D eigenvalue weighted by atomic mass is 32.1. The lowest BCUT2D eigenvalue weighted by molar-refractivity contribution is -0.139. The van der Waals surface area contributed by atoms with Crippen LogP contribution in [-0.4, -0.2) is 34.7 Å². The van der Waals surface area contributed by atoms with E-state index < -0.39 is 18.0 Å². The molecule has 0 spiro atoms. The lowest BCUT2D eigenvalue weighted by Gasteiger charge is -2.12. The molecule has 1 rings (SSSR count). The minimum Gasteiger partial charge on any atom is -0.480 e. The maximum Gasteiger partial charge on any atom is 0.326 e. The van der Waals surface area contributed by atoms with Gasteiger partial charge in [0.25, 0.3) is 0 Å². The molecule has 0 aliphatic carbocycles. The van der Waals surface area contributed by atoms with Crippen LogP contribution in [0.3, 0.4) is 0 Å². The molecule has 0 saturated carbocycles. The number of rotatable bonds is 6. The second-order valence-corrected chi connectivity index (χ2v) is 4.87. The van der Waals surface area contributed by atoms with Crippen LogP contribution < -0.4 is 10.6 Å². The summed E-state index contributed by atoms with van der Waals surface area (Å²) in [7, 11) is 0. The number of nitrogens with one attached hydrogen (secondary N) is 2. The molecule has 100 valence electrons. The number of amides is 2. The first-order valence-corrected chi connectivity index (χ1v) is 6.59. The van der Waals surface area contributed by atoms with Gasteiger partial charge in [0.15, 0.2) is 0 Å². The Labute approximate surface area is 109 Å². The molecule has 0 bridgehead atoms. The van der Waals surface area contributed by atoms with E-state index in [1.807, 2.05) is 12.3 Å². The maximum absolute atomic E-state index is 11.4. The smallest absolute Gasteiger partial charge is 0.326 e. The molecule has 2 amide bonds. The SMILES string of the molecule is CCC(NC(=O)NCCc1csc(C)n1)C(=O)O. The summed E-state index contributed by atoms with van der Waals surface area (Å²) in [6.45, 7) is 4.06. The summed E-state index contributed by atoms with van der Waals surface area (Å²) in [5.74, 6) is -1.03. The third kappa shape index (κ3) is 4.70. The number of aliphatic carboxylic acids is 1. The zero-order valence-corrected chi connectivity index (χ0v) is 11.2. The van der Waals surface area contributed by atoms with E-state index in [0.717, 1.165) is 10.7 Å². The third-order valence-electron chi connectivity index (χ3n) is 2.34. The first kappa shape index (κ1) is 14.4. The number of nitrogens with zero attached hydrogens (tertiary/aromatic N) is 1. The second kappa shape index (κ2) is 6.95. The van der Waals surface area contributed by atoms with Crippen molar-refractivity contribution in [3.63, 3.8) is 0 Å². The molecule has 6 nitrogen and oxygen atoms in total. The number of urea groups is 1. The van der Waals surface area contributed by atoms with E-state index in [4.69, 9.17) is 5.11 Å². The van der Waals surface area contributed by atoms with E-state index in [9.17, 15) is 9.59 Å². The van der Waals surface area contributed by atoms with Crippen molar-refractivity contribution in [2.45, 2.75) is 32.7 Å². The van der Waals surface area contributed by atoms with Crippen molar-refractivity contribution in [3.8, 4) is 0 Å². The van der Waals surface area contributed by atoms with Crippen LogP contribution in [0.25, 0.3) is 0 Å². The highest BCUT2D eigenvalue weighted by molar-refractivity contribution is 7.09. The van der Waals surface area contributed by atoms with Gasteiger partial charge in [-0.1, -0.05) is 6.92 Å². The van der Waals surface area contributed by atoms with Crippen molar-refractivity contribution in [1.29, 1.82) is 0 Å². The van der Waals surface area contributed by atoms with E-state index in [2.05, 4.69) is 15.6 Å². The Balaban J connectivity index is 2.26. The van der Waals surface area contributed by atoms with Crippen LogP contribution in [0.1, 0.15) is 24.0 Å². The van der Waals surface area contributed by atoms with Crippen LogP contribution in [0.15, 0.2) is 5.38 Å². The number of carboxylic acids is 1. The van der Waals surface area contributed by atoms with Crippen LogP contribution in [0.4, 0.5) is 4.79 Å². The molecule has 7 heteroatoms. The van der Waals surface area contributed by atoms with Crippen LogP contribution in [-0.2, 0) is 11.2 Å². The van der Waals surface area contributed by atoms with Crippen LogP contribution in [0.2, 0.25) is 0 Å². The number of carbonyl (C=O) groups is 2. The van der Waals surface area contributed by atoms with Gasteiger partial charge >= 0.3 is 12.0 Å². The fourth-order valence-electron chi connectivity index (χ4n) is 1.37. The number of hydrogen-bond acceptors (Lipinski definition) is 4. The number of carbonyl (C=O) groups excluding carboxylic acids is 1. The van der Waals surface area contributed by atoms with Crippen LogP contribution in [0.5, 0.6) is 0 Å². The van der Waals surface area contributed by atoms with Crippen molar-refractivity contribution in [2.24, 2.45) is 0 Å². The average Bonchev–Trinajstić information content (AvgIpc) is 2.71. The Morgan fingerprint density at radius 2 is 2.28 bits per heavy atom. The quantitative estimate of drug-likeness (QED) is 0.724. The van der Waals surface area contributed by atoms with Crippen molar-refractivity contribution >= 4 is 23.3 Å². The standard InChI is InChI=1S/C11H17N3O3S/c1-3-9(10(15)16)14-11(17)12-5-4-8-6-18-7(2)13-8/h6,9H,3-5H2,1-2H3,(H,15,16)(H2,12,14,17). The molecule has 0 radical (unpaired) electrons. The largest absolute Gasteiger partial charge is 0.480 e. The number of hydrogen-bond donors (Lipinski definition) is 3. The number of aromatic nitrogens is 1. The van der Waals surface area contributed by atoms with Gasteiger partial charge in [0.05, 0.1) is 10.7 Å². The third-order valence-corrected chi connectivity index (χ3v) is 3.17. The van der Waals surface area contributed by atoms with Gasteiger partial charge in [0.1, 0.15) is 6.04 Å². The Morgan fingerprint density at radius 1 is 1.56 bits per heavy atom. The molecular formula is C11H17N3O3S. The van der Waals surface area contributed by atoms with Gasteiger partial charge < -0.3 is 15.7 Å². The zero-order chi connectivity index (χ0) is 13.5. The minimum absolute atomic E-state index is 0.355. The highest BCUT2D eigenvalue weighted by Crippen LogP contribution is 2.07. The van der Waals surface area contributed by atoms with Gasteiger partial charge in [-0.3, -0.25) is 0 Å². The van der Waals surface area contributed by atoms with Gasteiger partial charge in [-0.25, -0.2) is 14.6 Å². The Hall–Kier alpha value is -1.63. The van der Waals surface area contributed by atoms with E-state index in [1.54, 1.807) is 18.3 Å². The van der Waals surface area contributed by atoms with E-state index in [-0.39, 0.29) is 0 Å². The fourth-order valence-corrected chi connectivity index (χ4v) is 2.02. The lowest BCUT2D eigenvalue weighted by Crippen LogP contribution is -2.46. The predicted molar refractivity (Wildman–Crippen MR) is 68.8 cm³/mol. The van der Waals surface area contributed by atoms with Gasteiger partial charge in [-0.15, -0.1) is 11.3 Å². The normalized spacial score (nSPS) is 11.9. The van der Waals surface area contributed by atoms with Crippen molar-refractivity contribution < 1.29 is 14.7 Å². The summed E-state index contributed by atoms with van der Waals surface area (Å²) in [6, 6.07) is -1.30. The summed E-state index contributed by atoms with van der Waals surface area (Å²) in [5, 5.41) is 16.7. The maximum atomic E-state index is 11.4. The molecule has 0 fully saturated rings. The van der Waals surface area contributed by atoms with Crippen LogP contribution in [0, 0.1) is 6.92 Å². The molecular weight excluding hydrogens is 254 g/mol. The van der Waals surface area contributed by atoms with Gasteiger partial charge in [0.2, 0.25) is 0 Å². The summed E-state index contributed by atoms with van der Waals surface area (Å²) in [6.07, 6.45) is 0.996. The highest BCUT2D eigenvalue weighted by Gasteiger charge is 2.16. The molecule has 0 aliphatic rings. The molecule has 1 heterocycles. The number of aryl methyl sites for hydroxylation is 1. The van der Waals surface area contributed by atoms with Crippen molar-refractivity contribution in [3.05, 3.63) is 16.1 Å². The Morgan fingerprint density at radius 3 is 2.78 bits per heavy atom. The van der Waals surface area contributed by atoms with Crippen molar-refractivity contribution in [1.82, 2.24) is 15.6 Å². The monoisotopic (exact) mass is 271 g/mol. The minimum atomic E-state index is -1.03. The topological polar surface area (TPSA) is 91.3 Å². The first-order valence-electron chi connectivity index (χ1n) is 5.71. The van der Waals surface area contributed by atoms with E-state index in [1.165, 1.54) is 0 Å². The Bertz CT molecular complexity index is 419. The molecule has 0 saturated heterocycles. The zero-order valence-electron chi connectivity index (χ0n) is 10.4. The van der Waals surface area contributed by atoms with Crippen molar-refractivity contribution in [2.75, 3.05) is 6.54 Å². The summed E-state index contributed by atoms with van der Waals surface area (Å²) in [5.41, 5.74) is 0.933. The summed E-state index contributed by atoms with van der Waals surface area (Å²) < 4.78 is 0. The molecule has 1 aromatic heterocycles. The van der Waals surface area contributed by atoms with E-state index in [0.29, 0.717) is 19.4 Å². The molecule has 1 unspecified atom stereocenters. The Kier molecular flexibility index (Phi) is 5.57. The average molecular weight is 271 g/mol. The van der Waals surface area contributed by atoms with Crippen LogP contribution >= 0.6 is 11.3 Å². The second-order valence-electron chi connectivity index (χ2n) is 3.81. The molecule has 1 aromatic rings. The molecule has 1 atom stereocenters. The number of thiazole rings is 1. The van der Waals surface area contributed by atoms with Gasteiger partial charge in [0, 0.05) is 18.3 Å². The lowest BCUT2D eigenvalue weighted by atomic mass is 10.2. The molecule has 0 aromatic carbocycles. The molecule has 3 N–H and O–H groups in total. The van der Waals surface area contributed by atoms with Gasteiger partial charge in [-0.2, -0.15) is 0 Å². The molecule has 18 heavy (non-hydrogen) atoms. The van der Waals surface area contributed by atoms with E-state index >= 15 is 0 Å². The summed E-state index contributed by atoms with van der Waals surface area (Å²) in [4.78, 5) is 26.4.